The molecule has 0 radical (unpaired) electrons. The maximum absolute atomic E-state index is 12.0. The van der Waals surface area contributed by atoms with E-state index in [4.69, 9.17) is 4.74 Å². The third-order valence-electron chi connectivity index (χ3n) is 4.96. The van der Waals surface area contributed by atoms with Crippen molar-refractivity contribution in [2.75, 3.05) is 46.4 Å². The second-order valence-corrected chi connectivity index (χ2v) is 6.75. The third-order valence-corrected chi connectivity index (χ3v) is 4.96. The summed E-state index contributed by atoms with van der Waals surface area (Å²) in [5.74, 6) is 0.876. The number of nitrogens with zero attached hydrogens (tertiary/aromatic N) is 2. The highest BCUT2D eigenvalue weighted by atomic mass is 127. The second kappa shape index (κ2) is 9.40. The predicted octanol–water partition coefficient (Wildman–Crippen LogP) is 1.43. The number of likely N-dealkylation sites (tertiary alicyclic amines) is 1. The Hall–Kier alpha value is -1.55. The molecule has 2 saturated heterocycles. The Morgan fingerprint density at radius 2 is 2.00 bits per heavy atom. The summed E-state index contributed by atoms with van der Waals surface area (Å²) in [6.45, 7) is 4.79. The second-order valence-electron chi connectivity index (χ2n) is 6.75. The van der Waals surface area contributed by atoms with Gasteiger partial charge in [-0.1, -0.05) is 0 Å². The molecule has 3 rings (SSSR count). The molecule has 1 unspecified atom stereocenters. The molecule has 2 fully saturated rings. The minimum absolute atomic E-state index is 0. The smallest absolute Gasteiger partial charge is 0.251 e. The number of aromatic hydroxyl groups is 1. The van der Waals surface area contributed by atoms with E-state index < -0.39 is 0 Å². The molecule has 0 aromatic heterocycles. The van der Waals surface area contributed by atoms with E-state index in [1.165, 1.54) is 12.1 Å². The lowest BCUT2D eigenvalue weighted by molar-refractivity contribution is 0.0954. The van der Waals surface area contributed by atoms with Gasteiger partial charge in [-0.2, -0.15) is 0 Å². The molecule has 8 heteroatoms. The van der Waals surface area contributed by atoms with Crippen LogP contribution >= 0.6 is 24.0 Å². The minimum atomic E-state index is -0.153. The standard InChI is InChI=1S/C18H26N4O3.HI/c1-19-17(22-10-6-18(12-22)7-11-25-13-18)21-9-8-20-16(24)14-2-4-15(23)5-3-14;/h2-5,23H,6-13H2,1H3,(H,19,21)(H,20,24);1H. The number of amides is 1. The number of rotatable bonds is 4. The Kier molecular flexibility index (Phi) is 7.51. The molecule has 3 N–H and O–H groups in total. The monoisotopic (exact) mass is 474 g/mol. The number of carbonyl (C=O) groups is 1. The highest BCUT2D eigenvalue weighted by molar-refractivity contribution is 14.0. The third kappa shape index (κ3) is 5.00. The molecule has 0 aliphatic carbocycles. The van der Waals surface area contributed by atoms with Crippen LogP contribution in [0.15, 0.2) is 29.3 Å². The zero-order valence-electron chi connectivity index (χ0n) is 15.0. The Balaban J connectivity index is 0.00000243. The number of halogens is 1. The van der Waals surface area contributed by atoms with Gasteiger partial charge in [0.05, 0.1) is 6.61 Å². The predicted molar refractivity (Wildman–Crippen MR) is 111 cm³/mol. The van der Waals surface area contributed by atoms with Crippen molar-refractivity contribution in [2.45, 2.75) is 12.8 Å². The van der Waals surface area contributed by atoms with Crippen molar-refractivity contribution in [3.63, 3.8) is 0 Å². The quantitative estimate of drug-likeness (QED) is 0.266. The van der Waals surface area contributed by atoms with Crippen LogP contribution in [0.25, 0.3) is 0 Å². The molecule has 2 aliphatic heterocycles. The van der Waals surface area contributed by atoms with Crippen LogP contribution in [0.2, 0.25) is 0 Å². The van der Waals surface area contributed by atoms with E-state index in [1.54, 1.807) is 19.2 Å². The van der Waals surface area contributed by atoms with Crippen molar-refractivity contribution in [3.8, 4) is 5.75 Å². The van der Waals surface area contributed by atoms with E-state index in [0.29, 0.717) is 24.1 Å². The van der Waals surface area contributed by atoms with Crippen LogP contribution in [0.4, 0.5) is 0 Å². The molecule has 7 nitrogen and oxygen atoms in total. The summed E-state index contributed by atoms with van der Waals surface area (Å²) in [4.78, 5) is 18.7. The van der Waals surface area contributed by atoms with E-state index in [9.17, 15) is 9.90 Å². The van der Waals surface area contributed by atoms with Crippen LogP contribution in [0.1, 0.15) is 23.2 Å². The van der Waals surface area contributed by atoms with E-state index in [1.807, 2.05) is 0 Å². The molecule has 26 heavy (non-hydrogen) atoms. The molecule has 144 valence electrons. The van der Waals surface area contributed by atoms with E-state index >= 15 is 0 Å². The Labute approximate surface area is 171 Å². The number of nitrogens with one attached hydrogen (secondary N) is 2. The van der Waals surface area contributed by atoms with Crippen LogP contribution in [0.3, 0.4) is 0 Å². The van der Waals surface area contributed by atoms with Crippen molar-refractivity contribution in [1.82, 2.24) is 15.5 Å². The average molecular weight is 474 g/mol. The molecule has 0 bridgehead atoms. The first-order valence-electron chi connectivity index (χ1n) is 8.72. The van der Waals surface area contributed by atoms with Gasteiger partial charge in [-0.25, -0.2) is 0 Å². The summed E-state index contributed by atoms with van der Waals surface area (Å²) in [7, 11) is 1.79. The number of phenolic OH excluding ortho intramolecular Hbond substituents is 1. The SMILES string of the molecule is CN=C(NCCNC(=O)c1ccc(O)cc1)N1CCC2(CCOC2)C1.I. The minimum Gasteiger partial charge on any atom is -0.508 e. The van der Waals surface area contributed by atoms with E-state index in [2.05, 4.69) is 20.5 Å². The molecule has 1 aromatic carbocycles. The number of benzene rings is 1. The Morgan fingerprint density at radius 1 is 1.27 bits per heavy atom. The van der Waals surface area contributed by atoms with Gasteiger partial charge in [0.2, 0.25) is 0 Å². The number of hydrogen-bond acceptors (Lipinski definition) is 4. The topological polar surface area (TPSA) is 86.2 Å². The van der Waals surface area contributed by atoms with E-state index in [0.717, 1.165) is 45.1 Å². The summed E-state index contributed by atoms with van der Waals surface area (Å²) in [6, 6.07) is 6.21. The highest BCUT2D eigenvalue weighted by Gasteiger charge is 2.42. The number of guanidine groups is 1. The molecular formula is C18H27IN4O3. The lowest BCUT2D eigenvalue weighted by atomic mass is 9.87. The van der Waals surface area contributed by atoms with Gasteiger partial charge in [-0.15, -0.1) is 24.0 Å². The van der Waals surface area contributed by atoms with E-state index in [-0.39, 0.29) is 35.6 Å². The zero-order valence-corrected chi connectivity index (χ0v) is 17.4. The molecule has 1 aromatic rings. The lowest BCUT2D eigenvalue weighted by Crippen LogP contribution is -2.44. The largest absolute Gasteiger partial charge is 0.508 e. The van der Waals surface area contributed by atoms with Crippen LogP contribution in [0.5, 0.6) is 5.75 Å². The number of phenols is 1. The van der Waals surface area contributed by atoms with Crippen molar-refractivity contribution in [2.24, 2.45) is 10.4 Å². The molecule has 1 amide bonds. The molecule has 1 atom stereocenters. The number of aliphatic imine (C=N–C) groups is 1. The molecular weight excluding hydrogens is 447 g/mol. The molecule has 1 spiro atoms. The number of hydrogen-bond donors (Lipinski definition) is 3. The van der Waals surface area contributed by atoms with Gasteiger partial charge in [-0.3, -0.25) is 9.79 Å². The highest BCUT2D eigenvalue weighted by Crippen LogP contribution is 2.38. The fraction of sp³-hybridized carbons (Fsp3) is 0.556. The maximum Gasteiger partial charge on any atom is 0.251 e. The first-order chi connectivity index (χ1) is 12.1. The average Bonchev–Trinajstić information content (AvgIpc) is 3.25. The maximum atomic E-state index is 12.0. The summed E-state index contributed by atoms with van der Waals surface area (Å²) < 4.78 is 5.57. The van der Waals surface area contributed by atoms with Crippen molar-refractivity contribution < 1.29 is 14.6 Å². The van der Waals surface area contributed by atoms with Crippen LogP contribution in [-0.2, 0) is 4.74 Å². The Bertz CT molecular complexity index is 630. The van der Waals surface area contributed by atoms with Gasteiger partial charge in [-0.05, 0) is 37.1 Å². The lowest BCUT2D eigenvalue weighted by Gasteiger charge is -2.25. The summed E-state index contributed by atoms with van der Waals surface area (Å²) >= 11 is 0. The summed E-state index contributed by atoms with van der Waals surface area (Å²) in [5, 5.41) is 15.4. The fourth-order valence-electron chi connectivity index (χ4n) is 3.48. The fourth-order valence-corrected chi connectivity index (χ4v) is 3.48. The summed E-state index contributed by atoms with van der Waals surface area (Å²) in [6.07, 6.45) is 2.27. The van der Waals surface area contributed by atoms with Crippen LogP contribution < -0.4 is 10.6 Å². The van der Waals surface area contributed by atoms with Gasteiger partial charge in [0.1, 0.15) is 5.75 Å². The molecule has 2 aliphatic rings. The van der Waals surface area contributed by atoms with Crippen LogP contribution in [0, 0.1) is 5.41 Å². The van der Waals surface area contributed by atoms with Gasteiger partial charge in [0, 0.05) is 50.8 Å². The first kappa shape index (κ1) is 20.8. The van der Waals surface area contributed by atoms with Crippen molar-refractivity contribution >= 4 is 35.8 Å². The Morgan fingerprint density at radius 3 is 2.65 bits per heavy atom. The normalized spacial score (nSPS) is 22.3. The zero-order chi connectivity index (χ0) is 17.7. The van der Waals surface area contributed by atoms with Crippen molar-refractivity contribution in [3.05, 3.63) is 29.8 Å². The van der Waals surface area contributed by atoms with Crippen molar-refractivity contribution in [1.29, 1.82) is 0 Å². The number of ether oxygens (including phenoxy) is 1. The van der Waals surface area contributed by atoms with Gasteiger partial charge >= 0.3 is 0 Å². The molecule has 2 heterocycles. The van der Waals surface area contributed by atoms with Gasteiger partial charge in [0.15, 0.2) is 5.96 Å². The molecule has 0 saturated carbocycles. The number of carbonyl (C=O) groups excluding carboxylic acids is 1. The van der Waals surface area contributed by atoms with Gasteiger partial charge in [0.25, 0.3) is 5.91 Å². The summed E-state index contributed by atoms with van der Waals surface area (Å²) in [5.41, 5.74) is 0.829. The first-order valence-corrected chi connectivity index (χ1v) is 8.72. The van der Waals surface area contributed by atoms with Crippen LogP contribution in [-0.4, -0.2) is 68.3 Å². The van der Waals surface area contributed by atoms with Gasteiger partial charge < -0.3 is 25.4 Å².